The van der Waals surface area contributed by atoms with Crippen LogP contribution >= 0.6 is 11.8 Å². The summed E-state index contributed by atoms with van der Waals surface area (Å²) >= 11 is 1.46. The van der Waals surface area contributed by atoms with Crippen LogP contribution in [0.1, 0.15) is 13.3 Å². The molecule has 0 spiro atoms. The molecule has 138 valence electrons. The Hall–Kier alpha value is -1.85. The number of rotatable bonds is 11. The van der Waals surface area contributed by atoms with E-state index < -0.39 is 55.0 Å². The number of carboxylic acids is 1. The molecule has 0 heterocycles. The van der Waals surface area contributed by atoms with Crippen molar-refractivity contribution >= 4 is 35.5 Å². The van der Waals surface area contributed by atoms with Gasteiger partial charge in [0.05, 0.1) is 12.6 Å². The average molecular weight is 364 g/mol. The summed E-state index contributed by atoms with van der Waals surface area (Å²) in [4.78, 5) is 45.7. The molecule has 3 unspecified atom stereocenters. The van der Waals surface area contributed by atoms with Gasteiger partial charge in [-0.3, -0.25) is 19.2 Å². The summed E-state index contributed by atoms with van der Waals surface area (Å²) in [6, 6.07) is -2.07. The van der Waals surface area contributed by atoms with Gasteiger partial charge in [0.25, 0.3) is 0 Å². The Morgan fingerprint density at radius 2 is 1.71 bits per heavy atom. The first kappa shape index (κ1) is 22.1. The van der Waals surface area contributed by atoms with Gasteiger partial charge in [0, 0.05) is 0 Å². The van der Waals surface area contributed by atoms with Gasteiger partial charge in [0.1, 0.15) is 18.6 Å². The van der Waals surface area contributed by atoms with Crippen molar-refractivity contribution < 1.29 is 29.4 Å². The van der Waals surface area contributed by atoms with E-state index in [-0.39, 0.29) is 0 Å². The summed E-state index contributed by atoms with van der Waals surface area (Å²) in [6.45, 7) is 0.376. The van der Waals surface area contributed by atoms with Crippen LogP contribution in [0.4, 0.5) is 0 Å². The highest BCUT2D eigenvalue weighted by atomic mass is 32.2. The fraction of sp³-hybridized carbons (Fsp3) is 0.692. The number of carbonyl (C=O) groups is 4. The van der Waals surface area contributed by atoms with Crippen LogP contribution in [0.5, 0.6) is 0 Å². The minimum Gasteiger partial charge on any atom is -0.480 e. The summed E-state index contributed by atoms with van der Waals surface area (Å²) in [6.07, 6.45) is 1.06. The number of nitrogens with two attached hydrogens (primary N) is 1. The number of nitrogens with one attached hydrogen (secondary N) is 3. The molecule has 0 aromatic carbocycles. The van der Waals surface area contributed by atoms with E-state index in [1.54, 1.807) is 0 Å². The van der Waals surface area contributed by atoms with E-state index in [4.69, 9.17) is 10.8 Å². The fourth-order valence-corrected chi connectivity index (χ4v) is 2.01. The zero-order valence-electron chi connectivity index (χ0n) is 13.6. The standard InChI is InChI=1S/C13H24N4O6S/c1-7(18)11(14)13(23)15-5-9(19)17-8(3-4-24-2)12(22)16-6-10(20)21/h7-8,11,18H,3-6,14H2,1-2H3,(H,15,23)(H,16,22)(H,17,19)(H,20,21). The molecule has 0 aliphatic carbocycles. The van der Waals surface area contributed by atoms with E-state index in [9.17, 15) is 24.3 Å². The third-order valence-corrected chi connectivity index (χ3v) is 3.57. The van der Waals surface area contributed by atoms with Crippen molar-refractivity contribution in [2.24, 2.45) is 5.73 Å². The van der Waals surface area contributed by atoms with Gasteiger partial charge in [-0.25, -0.2) is 0 Å². The van der Waals surface area contributed by atoms with Gasteiger partial charge in [0.2, 0.25) is 17.7 Å². The van der Waals surface area contributed by atoms with E-state index >= 15 is 0 Å². The molecule has 0 radical (unpaired) electrons. The lowest BCUT2D eigenvalue weighted by atomic mass is 10.2. The molecule has 0 rings (SSSR count). The number of carboxylic acid groups (broad SMARTS) is 1. The van der Waals surface area contributed by atoms with Crippen LogP contribution in [-0.4, -0.2) is 77.2 Å². The Morgan fingerprint density at radius 3 is 2.21 bits per heavy atom. The molecule has 0 aromatic rings. The topological polar surface area (TPSA) is 171 Å². The number of aliphatic hydroxyl groups is 1. The van der Waals surface area contributed by atoms with Gasteiger partial charge in [-0.05, 0) is 25.4 Å². The Labute approximate surface area is 143 Å². The van der Waals surface area contributed by atoms with Gasteiger partial charge >= 0.3 is 5.97 Å². The van der Waals surface area contributed by atoms with Crippen molar-refractivity contribution in [1.82, 2.24) is 16.0 Å². The predicted molar refractivity (Wildman–Crippen MR) is 88.2 cm³/mol. The summed E-state index contributed by atoms with van der Waals surface area (Å²) in [7, 11) is 0. The third-order valence-electron chi connectivity index (χ3n) is 2.92. The van der Waals surface area contributed by atoms with Crippen LogP contribution in [0.2, 0.25) is 0 Å². The molecule has 0 aliphatic rings. The molecule has 0 saturated carbocycles. The molecule has 0 fully saturated rings. The van der Waals surface area contributed by atoms with Crippen molar-refractivity contribution in [1.29, 1.82) is 0 Å². The smallest absolute Gasteiger partial charge is 0.322 e. The zero-order valence-corrected chi connectivity index (χ0v) is 14.4. The molecule has 3 atom stereocenters. The lowest BCUT2D eigenvalue weighted by Crippen LogP contribution is -2.53. The lowest BCUT2D eigenvalue weighted by molar-refractivity contribution is -0.138. The van der Waals surface area contributed by atoms with Crippen LogP contribution < -0.4 is 21.7 Å². The van der Waals surface area contributed by atoms with Gasteiger partial charge in [-0.15, -0.1) is 0 Å². The molecule has 0 saturated heterocycles. The van der Waals surface area contributed by atoms with Crippen molar-refractivity contribution in [3.8, 4) is 0 Å². The van der Waals surface area contributed by atoms with Crippen LogP contribution in [-0.2, 0) is 19.2 Å². The normalized spacial score (nSPS) is 14.2. The molecular formula is C13H24N4O6S. The molecule has 0 bridgehead atoms. The monoisotopic (exact) mass is 364 g/mol. The zero-order chi connectivity index (χ0) is 18.7. The number of aliphatic hydroxyl groups excluding tert-OH is 1. The minimum atomic E-state index is -1.20. The summed E-state index contributed by atoms with van der Waals surface area (Å²) < 4.78 is 0. The molecular weight excluding hydrogens is 340 g/mol. The number of hydrogen-bond acceptors (Lipinski definition) is 7. The summed E-state index contributed by atoms with van der Waals surface area (Å²) in [5.41, 5.74) is 5.41. The van der Waals surface area contributed by atoms with Crippen molar-refractivity contribution in [2.75, 3.05) is 25.1 Å². The molecule has 0 aliphatic heterocycles. The third kappa shape index (κ3) is 9.33. The lowest BCUT2D eigenvalue weighted by Gasteiger charge is -2.18. The van der Waals surface area contributed by atoms with Crippen LogP contribution in [0, 0.1) is 0 Å². The van der Waals surface area contributed by atoms with Crippen molar-refractivity contribution in [3.63, 3.8) is 0 Å². The Bertz CT molecular complexity index is 460. The average Bonchev–Trinajstić information content (AvgIpc) is 2.53. The number of carbonyl (C=O) groups excluding carboxylic acids is 3. The molecule has 24 heavy (non-hydrogen) atoms. The molecule has 10 nitrogen and oxygen atoms in total. The quantitative estimate of drug-likeness (QED) is 0.229. The molecule has 3 amide bonds. The Kier molecular flexibility index (Phi) is 10.8. The maximum absolute atomic E-state index is 11.9. The van der Waals surface area contributed by atoms with E-state index in [0.717, 1.165) is 0 Å². The van der Waals surface area contributed by atoms with Gasteiger partial charge in [0.15, 0.2) is 0 Å². The second-order valence-corrected chi connectivity index (χ2v) is 5.98. The maximum atomic E-state index is 11.9. The Morgan fingerprint density at radius 1 is 1.12 bits per heavy atom. The Balaban J connectivity index is 4.50. The molecule has 0 aromatic heterocycles. The summed E-state index contributed by atoms with van der Waals surface area (Å²) in [5, 5.41) is 24.6. The highest BCUT2D eigenvalue weighted by Gasteiger charge is 2.22. The van der Waals surface area contributed by atoms with E-state index in [0.29, 0.717) is 12.2 Å². The molecule has 7 N–H and O–H groups in total. The predicted octanol–water partition coefficient (Wildman–Crippen LogP) is -2.75. The van der Waals surface area contributed by atoms with E-state index in [2.05, 4.69) is 16.0 Å². The first-order chi connectivity index (χ1) is 11.2. The number of aliphatic carboxylic acids is 1. The van der Waals surface area contributed by atoms with Crippen molar-refractivity contribution in [2.45, 2.75) is 31.5 Å². The van der Waals surface area contributed by atoms with Crippen LogP contribution in [0.15, 0.2) is 0 Å². The number of hydrogen-bond donors (Lipinski definition) is 6. The summed E-state index contributed by atoms with van der Waals surface area (Å²) in [5.74, 6) is -2.57. The number of amides is 3. The van der Waals surface area contributed by atoms with Gasteiger partial charge in [-0.1, -0.05) is 0 Å². The van der Waals surface area contributed by atoms with Crippen LogP contribution in [0.25, 0.3) is 0 Å². The molecule has 11 heteroatoms. The first-order valence-electron chi connectivity index (χ1n) is 7.18. The van der Waals surface area contributed by atoms with Crippen molar-refractivity contribution in [3.05, 3.63) is 0 Å². The SMILES string of the molecule is CSCCC(NC(=O)CNC(=O)C(N)C(C)O)C(=O)NCC(=O)O. The largest absolute Gasteiger partial charge is 0.480 e. The van der Waals surface area contributed by atoms with Crippen LogP contribution in [0.3, 0.4) is 0 Å². The highest BCUT2D eigenvalue weighted by Crippen LogP contribution is 2.01. The first-order valence-corrected chi connectivity index (χ1v) is 8.57. The fourth-order valence-electron chi connectivity index (χ4n) is 1.54. The number of thioether (sulfide) groups is 1. The van der Waals surface area contributed by atoms with E-state index in [1.165, 1.54) is 18.7 Å². The maximum Gasteiger partial charge on any atom is 0.322 e. The second kappa shape index (κ2) is 11.6. The highest BCUT2D eigenvalue weighted by molar-refractivity contribution is 7.98. The minimum absolute atomic E-state index is 0.305. The van der Waals surface area contributed by atoms with Gasteiger partial charge in [-0.2, -0.15) is 11.8 Å². The van der Waals surface area contributed by atoms with E-state index in [1.807, 2.05) is 6.26 Å². The van der Waals surface area contributed by atoms with Gasteiger partial charge < -0.3 is 31.9 Å². The second-order valence-electron chi connectivity index (χ2n) is 5.00.